The van der Waals surface area contributed by atoms with Crippen molar-refractivity contribution in [3.63, 3.8) is 0 Å². The van der Waals surface area contributed by atoms with E-state index in [0.29, 0.717) is 19.3 Å². The fourth-order valence-electron chi connectivity index (χ4n) is 2.77. The van der Waals surface area contributed by atoms with Crippen LogP contribution in [0.2, 0.25) is 0 Å². The molecule has 0 aliphatic carbocycles. The van der Waals surface area contributed by atoms with E-state index < -0.39 is 26.6 Å². The average Bonchev–Trinajstić information content (AvgIpc) is 3.05. The molecule has 0 spiro atoms. The van der Waals surface area contributed by atoms with Gasteiger partial charge in [-0.15, -0.1) is 0 Å². The number of ether oxygens (including phenoxy) is 1. The topological polar surface area (TPSA) is 71.5 Å². The number of morpholine rings is 1. The summed E-state index contributed by atoms with van der Waals surface area (Å²) < 4.78 is 60.1. The maximum absolute atomic E-state index is 13.8. The first-order valence-corrected chi connectivity index (χ1v) is 10.4. The second-order valence-corrected chi connectivity index (χ2v) is 8.62. The smallest absolute Gasteiger partial charge is 0.264 e. The standard InChI is InChI=1S/C17H15F2N3O3S2/c18-11-1-4-16(13(19)9-11)27(23,24)21-12-2-3-14-15(10-12)26-17(20-14)22-5-7-25-8-6-22/h1-4,9-10,21H,5-8H2. The first kappa shape index (κ1) is 18.1. The van der Waals surface area contributed by atoms with E-state index in [0.717, 1.165) is 40.6 Å². The van der Waals surface area contributed by atoms with Crippen molar-refractivity contribution in [2.24, 2.45) is 0 Å². The molecule has 1 saturated heterocycles. The van der Waals surface area contributed by atoms with Gasteiger partial charge in [-0.1, -0.05) is 11.3 Å². The molecular weight excluding hydrogens is 396 g/mol. The molecule has 1 N–H and O–H groups in total. The zero-order valence-corrected chi connectivity index (χ0v) is 15.6. The third kappa shape index (κ3) is 3.73. The predicted molar refractivity (Wildman–Crippen MR) is 99.8 cm³/mol. The third-order valence-electron chi connectivity index (χ3n) is 4.09. The molecule has 0 saturated carbocycles. The Morgan fingerprint density at radius 1 is 1.11 bits per heavy atom. The van der Waals surface area contributed by atoms with Gasteiger partial charge in [0, 0.05) is 19.2 Å². The molecule has 1 aromatic heterocycles. The Bertz CT molecular complexity index is 1100. The van der Waals surface area contributed by atoms with Crippen molar-refractivity contribution in [2.45, 2.75) is 4.90 Å². The van der Waals surface area contributed by atoms with Crippen molar-refractivity contribution >= 4 is 42.4 Å². The molecule has 0 unspecified atom stereocenters. The molecule has 1 aliphatic rings. The lowest BCUT2D eigenvalue weighted by Gasteiger charge is -2.25. The summed E-state index contributed by atoms with van der Waals surface area (Å²) in [5.74, 6) is -1.98. The first-order valence-electron chi connectivity index (χ1n) is 8.13. The first-order chi connectivity index (χ1) is 12.9. The van der Waals surface area contributed by atoms with Crippen molar-refractivity contribution < 1.29 is 21.9 Å². The quantitative estimate of drug-likeness (QED) is 0.714. The summed E-state index contributed by atoms with van der Waals surface area (Å²) in [5, 5.41) is 0.845. The van der Waals surface area contributed by atoms with E-state index in [-0.39, 0.29) is 5.69 Å². The van der Waals surface area contributed by atoms with Crippen molar-refractivity contribution in [2.75, 3.05) is 35.9 Å². The van der Waals surface area contributed by atoms with Crippen LogP contribution < -0.4 is 9.62 Å². The molecule has 4 rings (SSSR count). The fraction of sp³-hybridized carbons (Fsp3) is 0.235. The summed E-state index contributed by atoms with van der Waals surface area (Å²) >= 11 is 1.45. The van der Waals surface area contributed by atoms with Crippen LogP contribution in [0.25, 0.3) is 10.2 Å². The summed E-state index contributed by atoms with van der Waals surface area (Å²) in [6.07, 6.45) is 0. The SMILES string of the molecule is O=S(=O)(Nc1ccc2nc(N3CCOCC3)sc2c1)c1ccc(F)cc1F. The van der Waals surface area contributed by atoms with E-state index in [9.17, 15) is 17.2 Å². The van der Waals surface area contributed by atoms with Gasteiger partial charge in [-0.05, 0) is 30.3 Å². The van der Waals surface area contributed by atoms with Gasteiger partial charge in [-0.3, -0.25) is 4.72 Å². The Morgan fingerprint density at radius 3 is 2.63 bits per heavy atom. The Hall–Kier alpha value is -2.30. The zero-order valence-electron chi connectivity index (χ0n) is 14.0. The number of anilines is 2. The van der Waals surface area contributed by atoms with Crippen molar-refractivity contribution in [1.29, 1.82) is 0 Å². The van der Waals surface area contributed by atoms with Crippen LogP contribution in [0.4, 0.5) is 19.6 Å². The number of benzene rings is 2. The number of thiazole rings is 1. The minimum atomic E-state index is -4.18. The van der Waals surface area contributed by atoms with E-state index in [1.165, 1.54) is 11.3 Å². The zero-order chi connectivity index (χ0) is 19.0. The third-order valence-corrected chi connectivity index (χ3v) is 6.59. The normalized spacial score (nSPS) is 15.3. The number of hydrogen-bond donors (Lipinski definition) is 1. The molecule has 142 valence electrons. The molecule has 27 heavy (non-hydrogen) atoms. The van der Waals surface area contributed by atoms with E-state index in [2.05, 4.69) is 14.6 Å². The molecular formula is C17H15F2N3O3S2. The highest BCUT2D eigenvalue weighted by Gasteiger charge is 2.21. The molecule has 0 amide bonds. The largest absolute Gasteiger partial charge is 0.378 e. The van der Waals surface area contributed by atoms with Crippen molar-refractivity contribution in [3.8, 4) is 0 Å². The minimum Gasteiger partial charge on any atom is -0.378 e. The highest BCUT2D eigenvalue weighted by atomic mass is 32.2. The molecule has 0 atom stereocenters. The van der Waals surface area contributed by atoms with Crippen LogP contribution in [0.5, 0.6) is 0 Å². The van der Waals surface area contributed by atoms with Crippen LogP contribution >= 0.6 is 11.3 Å². The Balaban J connectivity index is 1.61. The number of nitrogens with one attached hydrogen (secondary N) is 1. The number of nitrogens with zero attached hydrogens (tertiary/aromatic N) is 2. The van der Waals surface area contributed by atoms with Gasteiger partial charge in [0.15, 0.2) is 5.13 Å². The van der Waals surface area contributed by atoms with Gasteiger partial charge in [0.05, 0.1) is 29.1 Å². The summed E-state index contributed by atoms with van der Waals surface area (Å²) in [6.45, 7) is 2.79. The summed E-state index contributed by atoms with van der Waals surface area (Å²) in [6, 6.07) is 7.25. The number of halogens is 2. The van der Waals surface area contributed by atoms with Crippen molar-refractivity contribution in [3.05, 3.63) is 48.0 Å². The molecule has 2 aromatic carbocycles. The van der Waals surface area contributed by atoms with Gasteiger partial charge in [0.2, 0.25) is 0 Å². The maximum Gasteiger partial charge on any atom is 0.264 e. The maximum atomic E-state index is 13.8. The van der Waals surface area contributed by atoms with Crippen LogP contribution in [-0.4, -0.2) is 39.7 Å². The van der Waals surface area contributed by atoms with E-state index >= 15 is 0 Å². The van der Waals surface area contributed by atoms with Crippen LogP contribution in [-0.2, 0) is 14.8 Å². The highest BCUT2D eigenvalue weighted by molar-refractivity contribution is 7.92. The molecule has 3 aromatic rings. The highest BCUT2D eigenvalue weighted by Crippen LogP contribution is 2.32. The minimum absolute atomic E-state index is 0.281. The van der Waals surface area contributed by atoms with E-state index in [1.54, 1.807) is 18.2 Å². The van der Waals surface area contributed by atoms with Gasteiger partial charge in [0.1, 0.15) is 16.5 Å². The number of hydrogen-bond acceptors (Lipinski definition) is 6. The molecule has 6 nitrogen and oxygen atoms in total. The Kier molecular flexibility index (Phi) is 4.70. The lowest BCUT2D eigenvalue weighted by molar-refractivity contribution is 0.122. The number of sulfonamides is 1. The molecule has 1 aliphatic heterocycles. The van der Waals surface area contributed by atoms with E-state index in [1.807, 2.05) is 0 Å². The van der Waals surface area contributed by atoms with Gasteiger partial charge in [-0.25, -0.2) is 22.2 Å². The summed E-state index contributed by atoms with van der Waals surface area (Å²) in [4.78, 5) is 6.07. The van der Waals surface area contributed by atoms with Gasteiger partial charge < -0.3 is 9.64 Å². The average molecular weight is 411 g/mol. The lowest BCUT2D eigenvalue weighted by atomic mass is 10.3. The number of rotatable bonds is 4. The summed E-state index contributed by atoms with van der Waals surface area (Å²) in [5.41, 5.74) is 1.03. The van der Waals surface area contributed by atoms with Crippen LogP contribution in [0.3, 0.4) is 0 Å². The van der Waals surface area contributed by atoms with Gasteiger partial charge >= 0.3 is 0 Å². The second kappa shape index (κ2) is 7.02. The molecule has 0 radical (unpaired) electrons. The van der Waals surface area contributed by atoms with E-state index in [4.69, 9.17) is 4.74 Å². The second-order valence-electron chi connectivity index (χ2n) is 5.96. The lowest BCUT2D eigenvalue weighted by Crippen LogP contribution is -2.36. The summed E-state index contributed by atoms with van der Waals surface area (Å²) in [7, 11) is -4.18. The van der Waals surface area contributed by atoms with Gasteiger partial charge in [-0.2, -0.15) is 0 Å². The van der Waals surface area contributed by atoms with Gasteiger partial charge in [0.25, 0.3) is 10.0 Å². The van der Waals surface area contributed by atoms with Crippen molar-refractivity contribution in [1.82, 2.24) is 4.98 Å². The molecule has 10 heteroatoms. The molecule has 1 fully saturated rings. The van der Waals surface area contributed by atoms with Crippen LogP contribution in [0.15, 0.2) is 41.3 Å². The number of aromatic nitrogens is 1. The molecule has 2 heterocycles. The Labute approximate surface area is 158 Å². The van der Waals surface area contributed by atoms with Crippen LogP contribution in [0.1, 0.15) is 0 Å². The fourth-order valence-corrected chi connectivity index (χ4v) is 4.94. The van der Waals surface area contributed by atoms with Crippen LogP contribution in [0, 0.1) is 11.6 Å². The Morgan fingerprint density at radius 2 is 1.89 bits per heavy atom. The predicted octanol–water partition coefficient (Wildman–Crippen LogP) is 3.21. The molecule has 0 bridgehead atoms. The monoisotopic (exact) mass is 411 g/mol. The number of fused-ring (bicyclic) bond motifs is 1.